The molecule has 5 nitrogen and oxygen atoms in total. The van der Waals surface area contributed by atoms with Crippen molar-refractivity contribution in [2.24, 2.45) is 0 Å². The van der Waals surface area contributed by atoms with E-state index in [2.05, 4.69) is 41.4 Å². The number of halogens is 1. The van der Waals surface area contributed by atoms with Crippen LogP contribution in [0.15, 0.2) is 36.4 Å². The van der Waals surface area contributed by atoms with Crippen molar-refractivity contribution in [1.29, 1.82) is 0 Å². The average molecular weight is 393 g/mol. The van der Waals surface area contributed by atoms with Gasteiger partial charge >= 0.3 is 0 Å². The maximum absolute atomic E-state index is 5.60. The second-order valence-corrected chi connectivity index (χ2v) is 6.57. The first-order chi connectivity index (χ1) is 12.7. The van der Waals surface area contributed by atoms with E-state index < -0.39 is 0 Å². The molecule has 1 fully saturated rings. The van der Waals surface area contributed by atoms with Crippen LogP contribution in [-0.2, 0) is 6.54 Å². The highest BCUT2D eigenvalue weighted by atomic mass is 35.5. The van der Waals surface area contributed by atoms with E-state index in [-0.39, 0.29) is 18.4 Å². The molecule has 27 heavy (non-hydrogen) atoms. The molecule has 2 aromatic carbocycles. The second kappa shape index (κ2) is 9.83. The van der Waals surface area contributed by atoms with E-state index in [0.717, 1.165) is 43.4 Å². The number of piperazine rings is 1. The van der Waals surface area contributed by atoms with Crippen LogP contribution in [0, 0.1) is 6.92 Å². The van der Waals surface area contributed by atoms with Gasteiger partial charge in [0, 0.05) is 31.7 Å². The molecule has 1 aliphatic rings. The van der Waals surface area contributed by atoms with Crippen LogP contribution in [0.5, 0.6) is 17.2 Å². The molecule has 1 atom stereocenters. The molecular formula is C21H29ClN2O3. The maximum Gasteiger partial charge on any atom is 0.161 e. The van der Waals surface area contributed by atoms with E-state index in [1.54, 1.807) is 21.3 Å². The lowest BCUT2D eigenvalue weighted by atomic mass is 10.00. The number of rotatable bonds is 6. The molecule has 1 unspecified atom stereocenters. The number of ether oxygens (including phenoxy) is 3. The van der Waals surface area contributed by atoms with Crippen molar-refractivity contribution in [2.45, 2.75) is 19.5 Å². The first kappa shape index (κ1) is 21.4. The molecule has 0 bridgehead atoms. The van der Waals surface area contributed by atoms with E-state index in [1.165, 1.54) is 16.7 Å². The van der Waals surface area contributed by atoms with Crippen molar-refractivity contribution >= 4 is 12.4 Å². The number of nitrogens with one attached hydrogen (secondary N) is 1. The van der Waals surface area contributed by atoms with E-state index in [9.17, 15) is 0 Å². The highest BCUT2D eigenvalue weighted by Crippen LogP contribution is 2.34. The fourth-order valence-corrected chi connectivity index (χ4v) is 3.60. The lowest BCUT2D eigenvalue weighted by Gasteiger charge is -2.37. The zero-order chi connectivity index (χ0) is 18.5. The third-order valence-corrected chi connectivity index (χ3v) is 5.07. The van der Waals surface area contributed by atoms with Gasteiger partial charge in [-0.3, -0.25) is 4.90 Å². The molecule has 0 amide bonds. The number of benzene rings is 2. The zero-order valence-electron chi connectivity index (χ0n) is 16.5. The van der Waals surface area contributed by atoms with Crippen LogP contribution in [0.2, 0.25) is 0 Å². The van der Waals surface area contributed by atoms with Crippen molar-refractivity contribution in [1.82, 2.24) is 10.2 Å². The summed E-state index contributed by atoms with van der Waals surface area (Å²) in [7, 11) is 5.09. The van der Waals surface area contributed by atoms with Crippen LogP contribution >= 0.6 is 12.4 Å². The third-order valence-electron chi connectivity index (χ3n) is 5.07. The summed E-state index contributed by atoms with van der Waals surface area (Å²) in [6.45, 7) is 5.86. The number of para-hydroxylation sites is 1. The monoisotopic (exact) mass is 392 g/mol. The van der Waals surface area contributed by atoms with Crippen LogP contribution < -0.4 is 19.5 Å². The van der Waals surface area contributed by atoms with Gasteiger partial charge in [-0.05, 0) is 36.2 Å². The lowest BCUT2D eigenvalue weighted by molar-refractivity contribution is 0.150. The molecule has 0 aromatic heterocycles. The number of methoxy groups -OCH3 is 3. The van der Waals surface area contributed by atoms with Gasteiger partial charge in [-0.25, -0.2) is 0 Å². The van der Waals surface area contributed by atoms with Gasteiger partial charge in [0.25, 0.3) is 0 Å². The molecule has 1 heterocycles. The summed E-state index contributed by atoms with van der Waals surface area (Å²) in [5.41, 5.74) is 3.68. The molecule has 3 rings (SSSR count). The smallest absolute Gasteiger partial charge is 0.161 e. The molecule has 0 saturated carbocycles. The number of nitrogens with zero attached hydrogens (tertiary/aromatic N) is 1. The Morgan fingerprint density at radius 1 is 1.00 bits per heavy atom. The van der Waals surface area contributed by atoms with E-state index in [4.69, 9.17) is 14.2 Å². The van der Waals surface area contributed by atoms with Gasteiger partial charge in [0.05, 0.1) is 27.4 Å². The van der Waals surface area contributed by atoms with Crippen molar-refractivity contribution in [3.63, 3.8) is 0 Å². The standard InChI is InChI=1S/C21H28N2O3.ClH/c1-15-11-20(25-3)21(26-4)12-16(15)14-23-10-9-22-13-18(23)17-7-5-6-8-19(17)24-2;/h5-8,11-12,18,22H,9-10,13-14H2,1-4H3;1H. The Bertz CT molecular complexity index is 754. The van der Waals surface area contributed by atoms with Crippen LogP contribution in [0.25, 0.3) is 0 Å². The quantitative estimate of drug-likeness (QED) is 0.813. The summed E-state index contributed by atoms with van der Waals surface area (Å²) in [5, 5.41) is 3.51. The fraction of sp³-hybridized carbons (Fsp3) is 0.429. The normalized spacial score (nSPS) is 17.1. The summed E-state index contributed by atoms with van der Waals surface area (Å²) in [6.07, 6.45) is 0. The van der Waals surface area contributed by atoms with Crippen LogP contribution in [0.3, 0.4) is 0 Å². The van der Waals surface area contributed by atoms with Crippen LogP contribution in [0.1, 0.15) is 22.7 Å². The van der Waals surface area contributed by atoms with E-state index in [0.29, 0.717) is 0 Å². The topological polar surface area (TPSA) is 43.0 Å². The average Bonchev–Trinajstić information content (AvgIpc) is 2.69. The molecule has 0 aliphatic carbocycles. The molecule has 148 valence electrons. The number of hydrogen-bond acceptors (Lipinski definition) is 5. The first-order valence-corrected chi connectivity index (χ1v) is 8.97. The van der Waals surface area contributed by atoms with Crippen molar-refractivity contribution in [3.8, 4) is 17.2 Å². The highest BCUT2D eigenvalue weighted by Gasteiger charge is 2.26. The molecular weight excluding hydrogens is 364 g/mol. The number of aryl methyl sites for hydroxylation is 1. The summed E-state index contributed by atoms with van der Waals surface area (Å²) in [5.74, 6) is 2.49. The SMILES string of the molecule is COc1cc(C)c(CN2CCNCC2c2ccccc2OC)cc1OC.Cl. The largest absolute Gasteiger partial charge is 0.496 e. The molecule has 1 N–H and O–H groups in total. The molecule has 0 spiro atoms. The summed E-state index contributed by atoms with van der Waals surface area (Å²) in [4.78, 5) is 2.50. The maximum atomic E-state index is 5.60. The van der Waals surface area contributed by atoms with Gasteiger partial charge in [0.15, 0.2) is 11.5 Å². The predicted molar refractivity (Wildman–Crippen MR) is 111 cm³/mol. The third kappa shape index (κ3) is 4.67. The predicted octanol–water partition coefficient (Wildman–Crippen LogP) is 3.59. The lowest BCUT2D eigenvalue weighted by Crippen LogP contribution is -2.45. The Morgan fingerprint density at radius 2 is 1.67 bits per heavy atom. The minimum Gasteiger partial charge on any atom is -0.496 e. The van der Waals surface area contributed by atoms with E-state index >= 15 is 0 Å². The molecule has 1 saturated heterocycles. The Hall–Kier alpha value is -1.95. The molecule has 0 radical (unpaired) electrons. The Morgan fingerprint density at radius 3 is 2.37 bits per heavy atom. The van der Waals surface area contributed by atoms with Crippen molar-refractivity contribution in [3.05, 3.63) is 53.1 Å². The van der Waals surface area contributed by atoms with Gasteiger partial charge in [0.1, 0.15) is 5.75 Å². The molecule has 2 aromatic rings. The van der Waals surface area contributed by atoms with Gasteiger partial charge in [-0.2, -0.15) is 0 Å². The number of hydrogen-bond donors (Lipinski definition) is 1. The van der Waals surface area contributed by atoms with Gasteiger partial charge in [-0.15, -0.1) is 12.4 Å². The Kier molecular flexibility index (Phi) is 7.78. The summed E-state index contributed by atoms with van der Waals surface area (Å²) in [6, 6.07) is 12.7. The molecule has 1 aliphatic heterocycles. The fourth-order valence-electron chi connectivity index (χ4n) is 3.60. The second-order valence-electron chi connectivity index (χ2n) is 6.57. The summed E-state index contributed by atoms with van der Waals surface area (Å²) < 4.78 is 16.5. The van der Waals surface area contributed by atoms with Crippen LogP contribution in [0.4, 0.5) is 0 Å². The highest BCUT2D eigenvalue weighted by molar-refractivity contribution is 5.85. The summed E-state index contributed by atoms with van der Waals surface area (Å²) >= 11 is 0. The molecule has 6 heteroatoms. The Labute approximate surface area is 168 Å². The van der Waals surface area contributed by atoms with Gasteiger partial charge in [-0.1, -0.05) is 18.2 Å². The first-order valence-electron chi connectivity index (χ1n) is 8.97. The minimum absolute atomic E-state index is 0. The van der Waals surface area contributed by atoms with E-state index in [1.807, 2.05) is 12.1 Å². The zero-order valence-corrected chi connectivity index (χ0v) is 17.3. The van der Waals surface area contributed by atoms with Crippen molar-refractivity contribution in [2.75, 3.05) is 41.0 Å². The van der Waals surface area contributed by atoms with Gasteiger partial charge in [0.2, 0.25) is 0 Å². The Balaban J connectivity index is 0.00000261. The van der Waals surface area contributed by atoms with Crippen LogP contribution in [-0.4, -0.2) is 45.9 Å². The minimum atomic E-state index is 0. The van der Waals surface area contributed by atoms with Crippen molar-refractivity contribution < 1.29 is 14.2 Å². The van der Waals surface area contributed by atoms with Gasteiger partial charge < -0.3 is 19.5 Å².